The number of benzene rings is 1. The Morgan fingerprint density at radius 1 is 1.21 bits per heavy atom. The molecule has 3 N–H and O–H groups in total. The smallest absolute Gasteiger partial charge is 0.123 e. The number of anilines is 2. The molecule has 0 aromatic heterocycles. The average Bonchev–Trinajstić information content (AvgIpc) is 2.35. The van der Waals surface area contributed by atoms with E-state index in [1.807, 2.05) is 18.2 Å². The van der Waals surface area contributed by atoms with Crippen LogP contribution in [0.3, 0.4) is 0 Å². The molecule has 0 aliphatic heterocycles. The predicted molar refractivity (Wildman–Crippen MR) is 83.8 cm³/mol. The molecule has 0 aliphatic carbocycles. The van der Waals surface area contributed by atoms with E-state index in [9.17, 15) is 0 Å². The van der Waals surface area contributed by atoms with Crippen molar-refractivity contribution in [3.05, 3.63) is 18.2 Å². The molecule has 0 saturated carbocycles. The summed E-state index contributed by atoms with van der Waals surface area (Å²) >= 11 is 0. The summed E-state index contributed by atoms with van der Waals surface area (Å²) < 4.78 is 5.62. The van der Waals surface area contributed by atoms with Crippen LogP contribution in [0.4, 0.5) is 11.4 Å². The highest BCUT2D eigenvalue weighted by Crippen LogP contribution is 2.22. The second kappa shape index (κ2) is 8.68. The Bertz CT molecular complexity index is 364. The highest BCUT2D eigenvalue weighted by molar-refractivity contribution is 5.59. The van der Waals surface area contributed by atoms with Gasteiger partial charge in [-0.15, -0.1) is 0 Å². The van der Waals surface area contributed by atoms with Crippen LogP contribution in [-0.2, 0) is 0 Å². The number of nitrogens with one attached hydrogen (secondary N) is 1. The van der Waals surface area contributed by atoms with Gasteiger partial charge >= 0.3 is 0 Å². The zero-order valence-electron chi connectivity index (χ0n) is 12.5. The van der Waals surface area contributed by atoms with Gasteiger partial charge in [0.2, 0.25) is 0 Å². The molecule has 0 aliphatic rings. The number of nitrogens with two attached hydrogens (primary N) is 1. The standard InChI is InChI=1S/C16H28N2O/c1-4-9-19-16-11-14(17)10-15(12-16)18-8-6-5-7-13(2)3/h10-13,18H,4-9,17H2,1-3H3. The van der Waals surface area contributed by atoms with Crippen molar-refractivity contribution in [2.24, 2.45) is 5.92 Å². The van der Waals surface area contributed by atoms with Crippen LogP contribution < -0.4 is 15.8 Å². The molecule has 19 heavy (non-hydrogen) atoms. The molecule has 0 amide bonds. The van der Waals surface area contributed by atoms with E-state index >= 15 is 0 Å². The molecule has 0 unspecified atom stereocenters. The first-order valence-corrected chi connectivity index (χ1v) is 7.39. The van der Waals surface area contributed by atoms with E-state index in [2.05, 4.69) is 26.1 Å². The van der Waals surface area contributed by atoms with Crippen LogP contribution in [0.1, 0.15) is 46.5 Å². The monoisotopic (exact) mass is 264 g/mol. The van der Waals surface area contributed by atoms with Crippen LogP contribution in [0.2, 0.25) is 0 Å². The maximum atomic E-state index is 5.88. The van der Waals surface area contributed by atoms with Crippen molar-refractivity contribution in [1.29, 1.82) is 0 Å². The molecule has 0 bridgehead atoms. The minimum atomic E-state index is 0.733. The summed E-state index contributed by atoms with van der Waals surface area (Å²) in [7, 11) is 0. The largest absolute Gasteiger partial charge is 0.493 e. The van der Waals surface area contributed by atoms with Gasteiger partial charge in [0, 0.05) is 30.1 Å². The van der Waals surface area contributed by atoms with Crippen LogP contribution in [0.15, 0.2) is 18.2 Å². The van der Waals surface area contributed by atoms with E-state index < -0.39 is 0 Å². The molecular formula is C16H28N2O. The van der Waals surface area contributed by atoms with Gasteiger partial charge in [0.15, 0.2) is 0 Å². The lowest BCUT2D eigenvalue weighted by atomic mass is 10.1. The normalized spacial score (nSPS) is 10.7. The van der Waals surface area contributed by atoms with Crippen molar-refractivity contribution >= 4 is 11.4 Å². The van der Waals surface area contributed by atoms with Crippen LogP contribution >= 0.6 is 0 Å². The van der Waals surface area contributed by atoms with Crippen LogP contribution in [0.5, 0.6) is 5.75 Å². The van der Waals surface area contributed by atoms with Gasteiger partial charge in [-0.05, 0) is 24.8 Å². The second-order valence-electron chi connectivity index (χ2n) is 5.46. The van der Waals surface area contributed by atoms with Crippen LogP contribution in [0, 0.1) is 5.92 Å². The predicted octanol–water partition coefficient (Wildman–Crippen LogP) is 4.30. The van der Waals surface area contributed by atoms with Crippen molar-refractivity contribution in [3.63, 3.8) is 0 Å². The van der Waals surface area contributed by atoms with Gasteiger partial charge in [-0.2, -0.15) is 0 Å². The third kappa shape index (κ3) is 6.94. The fourth-order valence-corrected chi connectivity index (χ4v) is 1.94. The summed E-state index contributed by atoms with van der Waals surface area (Å²) in [6, 6.07) is 5.86. The first kappa shape index (κ1) is 15.7. The van der Waals surface area contributed by atoms with Gasteiger partial charge in [0.25, 0.3) is 0 Å². The Morgan fingerprint density at radius 3 is 2.68 bits per heavy atom. The molecule has 1 aromatic rings. The fourth-order valence-electron chi connectivity index (χ4n) is 1.94. The number of hydrogen-bond donors (Lipinski definition) is 2. The Hall–Kier alpha value is -1.38. The number of hydrogen-bond acceptors (Lipinski definition) is 3. The Labute approximate surface area is 117 Å². The highest BCUT2D eigenvalue weighted by atomic mass is 16.5. The SMILES string of the molecule is CCCOc1cc(N)cc(NCCCCC(C)C)c1. The molecular weight excluding hydrogens is 236 g/mol. The molecule has 1 rings (SSSR count). The van der Waals surface area contributed by atoms with Crippen molar-refractivity contribution in [2.45, 2.75) is 46.5 Å². The molecule has 0 fully saturated rings. The minimum Gasteiger partial charge on any atom is -0.493 e. The quantitative estimate of drug-likeness (QED) is 0.516. The topological polar surface area (TPSA) is 47.3 Å². The Kier molecular flexibility index (Phi) is 7.16. The van der Waals surface area contributed by atoms with Gasteiger partial charge in [-0.25, -0.2) is 0 Å². The van der Waals surface area contributed by atoms with Gasteiger partial charge in [0.1, 0.15) is 5.75 Å². The summed E-state index contributed by atoms with van der Waals surface area (Å²) in [5, 5.41) is 3.42. The van der Waals surface area contributed by atoms with Crippen molar-refractivity contribution in [3.8, 4) is 5.75 Å². The molecule has 108 valence electrons. The number of ether oxygens (including phenoxy) is 1. The van der Waals surface area contributed by atoms with E-state index in [1.54, 1.807) is 0 Å². The molecule has 0 heterocycles. The van der Waals surface area contributed by atoms with Crippen LogP contribution in [-0.4, -0.2) is 13.2 Å². The molecule has 3 nitrogen and oxygen atoms in total. The van der Waals surface area contributed by atoms with E-state index in [0.29, 0.717) is 0 Å². The zero-order chi connectivity index (χ0) is 14.1. The fraction of sp³-hybridized carbons (Fsp3) is 0.625. The van der Waals surface area contributed by atoms with Gasteiger partial charge in [-0.3, -0.25) is 0 Å². The van der Waals surface area contributed by atoms with E-state index in [0.717, 1.165) is 42.6 Å². The molecule has 0 radical (unpaired) electrons. The number of unbranched alkanes of at least 4 members (excludes halogenated alkanes) is 1. The van der Waals surface area contributed by atoms with Crippen LogP contribution in [0.25, 0.3) is 0 Å². The lowest BCUT2D eigenvalue weighted by Gasteiger charge is -2.11. The highest BCUT2D eigenvalue weighted by Gasteiger charge is 2.00. The Balaban J connectivity index is 2.38. The lowest BCUT2D eigenvalue weighted by molar-refractivity contribution is 0.318. The van der Waals surface area contributed by atoms with Crippen molar-refractivity contribution < 1.29 is 4.74 Å². The number of nitrogen functional groups attached to an aromatic ring is 1. The maximum absolute atomic E-state index is 5.88. The molecule has 1 aromatic carbocycles. The molecule has 3 heteroatoms. The summed E-state index contributed by atoms with van der Waals surface area (Å²) in [4.78, 5) is 0. The third-order valence-corrected chi connectivity index (χ3v) is 2.94. The molecule has 0 saturated heterocycles. The first-order chi connectivity index (χ1) is 9.11. The van der Waals surface area contributed by atoms with E-state index in [1.165, 1.54) is 19.3 Å². The summed E-state index contributed by atoms with van der Waals surface area (Å²) in [5.74, 6) is 1.65. The lowest BCUT2D eigenvalue weighted by Crippen LogP contribution is -2.04. The van der Waals surface area contributed by atoms with Gasteiger partial charge < -0.3 is 15.8 Å². The minimum absolute atomic E-state index is 0.733. The van der Waals surface area contributed by atoms with E-state index in [-0.39, 0.29) is 0 Å². The second-order valence-corrected chi connectivity index (χ2v) is 5.46. The summed E-state index contributed by atoms with van der Waals surface area (Å²) in [6.07, 6.45) is 4.76. The zero-order valence-corrected chi connectivity index (χ0v) is 12.5. The van der Waals surface area contributed by atoms with Crippen molar-refractivity contribution in [1.82, 2.24) is 0 Å². The van der Waals surface area contributed by atoms with Gasteiger partial charge in [0.05, 0.1) is 6.61 Å². The molecule has 0 atom stereocenters. The van der Waals surface area contributed by atoms with Gasteiger partial charge in [-0.1, -0.05) is 33.6 Å². The molecule has 0 spiro atoms. The maximum Gasteiger partial charge on any atom is 0.123 e. The average molecular weight is 264 g/mol. The van der Waals surface area contributed by atoms with Crippen molar-refractivity contribution in [2.75, 3.05) is 24.2 Å². The van der Waals surface area contributed by atoms with E-state index in [4.69, 9.17) is 10.5 Å². The third-order valence-electron chi connectivity index (χ3n) is 2.94. The number of rotatable bonds is 9. The Morgan fingerprint density at radius 2 is 2.00 bits per heavy atom. The first-order valence-electron chi connectivity index (χ1n) is 7.39. The summed E-state index contributed by atoms with van der Waals surface area (Å²) in [6.45, 7) is 8.35. The summed E-state index contributed by atoms with van der Waals surface area (Å²) in [5.41, 5.74) is 7.68.